The fourth-order valence-corrected chi connectivity index (χ4v) is 3.73. The number of hydrogen-bond donors (Lipinski definition) is 0. The number of hydrogen-bond acceptors (Lipinski definition) is 0. The minimum Gasteiger partial charge on any atom is -0.207 e. The molecule has 1 heteroatoms. The second-order valence-corrected chi connectivity index (χ2v) is 7.24. The van der Waals surface area contributed by atoms with Crippen LogP contribution in [0.5, 0.6) is 0 Å². The largest absolute Gasteiger partial charge is 0.207 e. The summed E-state index contributed by atoms with van der Waals surface area (Å²) in [7, 11) is 0. The Balaban J connectivity index is 1.48. The first kappa shape index (κ1) is 18.5. The first-order valence-electron chi connectivity index (χ1n) is 9.77. The molecule has 0 heterocycles. The zero-order valence-electron chi connectivity index (χ0n) is 15.5. The topological polar surface area (TPSA) is 0 Å². The lowest BCUT2D eigenvalue weighted by Crippen LogP contribution is -2.11. The van der Waals surface area contributed by atoms with Gasteiger partial charge in [-0.2, -0.15) is 0 Å². The van der Waals surface area contributed by atoms with Gasteiger partial charge in [0, 0.05) is 5.56 Å². The van der Waals surface area contributed by atoms with E-state index < -0.39 is 0 Å². The van der Waals surface area contributed by atoms with E-state index in [-0.39, 0.29) is 5.82 Å². The second-order valence-electron chi connectivity index (χ2n) is 7.24. The van der Waals surface area contributed by atoms with Gasteiger partial charge in [0.1, 0.15) is 5.82 Å². The minimum atomic E-state index is -0.220. The molecule has 134 valence electrons. The molecule has 1 aliphatic rings. The Morgan fingerprint density at radius 1 is 0.962 bits per heavy atom. The third kappa shape index (κ3) is 5.33. The fraction of sp³-hybridized carbons (Fsp3) is 0.360. The summed E-state index contributed by atoms with van der Waals surface area (Å²) in [6.45, 7) is 2.23. The van der Waals surface area contributed by atoms with Gasteiger partial charge in [-0.15, -0.1) is 0 Å². The molecule has 0 aliphatic heterocycles. The monoisotopic (exact) mass is 346 g/mol. The van der Waals surface area contributed by atoms with Crippen molar-refractivity contribution >= 4 is 0 Å². The predicted molar refractivity (Wildman–Crippen MR) is 108 cm³/mol. The normalized spacial score (nSPS) is 19.9. The van der Waals surface area contributed by atoms with E-state index in [9.17, 15) is 4.39 Å². The Morgan fingerprint density at radius 3 is 2.31 bits per heavy atom. The van der Waals surface area contributed by atoms with Crippen molar-refractivity contribution in [1.29, 1.82) is 0 Å². The molecule has 0 nitrogen and oxygen atoms in total. The number of halogens is 1. The standard InChI is InChI=1S/C25H27F/c1-2-5-20-8-14-23(15-9-20)24-16-10-21(11-17-24)6-3-4-7-22-12-18-25(26)19-13-22/h3,6,8-9,12-15,18-19,21,24H,2,5,10-11,16-17H2,1H3/b6-3+. The van der Waals surface area contributed by atoms with Gasteiger partial charge in [0.2, 0.25) is 0 Å². The summed E-state index contributed by atoms with van der Waals surface area (Å²) in [4.78, 5) is 0. The van der Waals surface area contributed by atoms with E-state index in [4.69, 9.17) is 0 Å². The van der Waals surface area contributed by atoms with Crippen molar-refractivity contribution in [3.05, 3.63) is 83.2 Å². The molecule has 0 spiro atoms. The van der Waals surface area contributed by atoms with Crippen molar-refractivity contribution in [3.8, 4) is 11.8 Å². The van der Waals surface area contributed by atoms with E-state index >= 15 is 0 Å². The van der Waals surface area contributed by atoms with E-state index in [1.807, 2.05) is 6.08 Å². The van der Waals surface area contributed by atoms with Crippen LogP contribution in [0.15, 0.2) is 60.7 Å². The van der Waals surface area contributed by atoms with Crippen LogP contribution in [-0.4, -0.2) is 0 Å². The van der Waals surface area contributed by atoms with Gasteiger partial charge < -0.3 is 0 Å². The minimum absolute atomic E-state index is 0.220. The molecule has 2 aromatic carbocycles. The van der Waals surface area contributed by atoms with Crippen LogP contribution in [0.4, 0.5) is 4.39 Å². The zero-order valence-corrected chi connectivity index (χ0v) is 15.5. The van der Waals surface area contributed by atoms with Gasteiger partial charge in [-0.05, 0) is 85.4 Å². The third-order valence-electron chi connectivity index (χ3n) is 5.27. The van der Waals surface area contributed by atoms with Crippen molar-refractivity contribution in [3.63, 3.8) is 0 Å². The van der Waals surface area contributed by atoms with Gasteiger partial charge >= 0.3 is 0 Å². The van der Waals surface area contributed by atoms with Crippen LogP contribution in [0.25, 0.3) is 0 Å². The van der Waals surface area contributed by atoms with E-state index in [1.54, 1.807) is 12.1 Å². The quantitative estimate of drug-likeness (QED) is 0.543. The lowest BCUT2D eigenvalue weighted by atomic mass is 9.78. The highest BCUT2D eigenvalue weighted by Gasteiger charge is 2.20. The van der Waals surface area contributed by atoms with Crippen molar-refractivity contribution in [1.82, 2.24) is 0 Å². The summed E-state index contributed by atoms with van der Waals surface area (Å²) < 4.78 is 12.9. The molecule has 0 saturated heterocycles. The smallest absolute Gasteiger partial charge is 0.123 e. The predicted octanol–water partition coefficient (Wildman–Crippen LogP) is 6.66. The molecule has 26 heavy (non-hydrogen) atoms. The van der Waals surface area contributed by atoms with Crippen molar-refractivity contribution in [2.45, 2.75) is 51.4 Å². The summed E-state index contributed by atoms with van der Waals surface area (Å²) in [6.07, 6.45) is 11.6. The molecule has 0 N–H and O–H groups in total. The van der Waals surface area contributed by atoms with Crippen LogP contribution < -0.4 is 0 Å². The lowest BCUT2D eigenvalue weighted by molar-refractivity contribution is 0.376. The molecular formula is C25H27F. The van der Waals surface area contributed by atoms with Gasteiger partial charge in [0.15, 0.2) is 0 Å². The van der Waals surface area contributed by atoms with E-state index in [1.165, 1.54) is 61.8 Å². The number of rotatable bonds is 4. The van der Waals surface area contributed by atoms with Gasteiger partial charge in [0.05, 0.1) is 0 Å². The number of aryl methyl sites for hydroxylation is 1. The summed E-state index contributed by atoms with van der Waals surface area (Å²) >= 11 is 0. The molecule has 0 aromatic heterocycles. The van der Waals surface area contributed by atoms with Crippen LogP contribution in [0.1, 0.15) is 61.6 Å². The number of allylic oxidation sites excluding steroid dienone is 2. The highest BCUT2D eigenvalue weighted by molar-refractivity contribution is 5.37. The van der Waals surface area contributed by atoms with Gasteiger partial charge in [-0.1, -0.05) is 55.5 Å². The summed E-state index contributed by atoms with van der Waals surface area (Å²) in [6, 6.07) is 15.6. The first-order valence-corrected chi connectivity index (χ1v) is 9.77. The van der Waals surface area contributed by atoms with Crippen molar-refractivity contribution in [2.75, 3.05) is 0 Å². The molecule has 1 aliphatic carbocycles. The maximum Gasteiger partial charge on any atom is 0.123 e. The Morgan fingerprint density at radius 2 is 1.65 bits per heavy atom. The summed E-state index contributed by atoms with van der Waals surface area (Å²) in [5.41, 5.74) is 3.81. The van der Waals surface area contributed by atoms with Crippen LogP contribution >= 0.6 is 0 Å². The lowest BCUT2D eigenvalue weighted by Gasteiger charge is -2.27. The van der Waals surface area contributed by atoms with E-state index in [2.05, 4.69) is 49.1 Å². The van der Waals surface area contributed by atoms with Gasteiger partial charge in [0.25, 0.3) is 0 Å². The highest BCUT2D eigenvalue weighted by Crippen LogP contribution is 2.36. The van der Waals surface area contributed by atoms with Crippen LogP contribution in [-0.2, 0) is 6.42 Å². The zero-order chi connectivity index (χ0) is 18.2. The van der Waals surface area contributed by atoms with Crippen LogP contribution in [0, 0.1) is 23.6 Å². The summed E-state index contributed by atoms with van der Waals surface area (Å²) in [5, 5.41) is 0. The van der Waals surface area contributed by atoms with Crippen molar-refractivity contribution in [2.24, 2.45) is 5.92 Å². The number of benzene rings is 2. The second kappa shape index (κ2) is 9.39. The molecular weight excluding hydrogens is 319 g/mol. The molecule has 1 saturated carbocycles. The SMILES string of the molecule is CCCc1ccc(C2CCC(/C=C/C#Cc3ccc(F)cc3)CC2)cc1. The highest BCUT2D eigenvalue weighted by atomic mass is 19.1. The van der Waals surface area contributed by atoms with E-state index in [0.717, 1.165) is 5.56 Å². The first-order chi connectivity index (χ1) is 12.7. The van der Waals surface area contributed by atoms with E-state index in [0.29, 0.717) is 11.8 Å². The van der Waals surface area contributed by atoms with Crippen molar-refractivity contribution < 1.29 is 4.39 Å². The molecule has 0 atom stereocenters. The Kier molecular flexibility index (Phi) is 6.67. The molecule has 0 unspecified atom stereocenters. The molecule has 0 amide bonds. The van der Waals surface area contributed by atoms with Gasteiger partial charge in [-0.25, -0.2) is 4.39 Å². The Bertz CT molecular complexity index is 764. The Hall–Kier alpha value is -2.33. The molecule has 0 radical (unpaired) electrons. The molecule has 0 bridgehead atoms. The fourth-order valence-electron chi connectivity index (χ4n) is 3.73. The van der Waals surface area contributed by atoms with Gasteiger partial charge in [-0.3, -0.25) is 0 Å². The average Bonchev–Trinajstić information content (AvgIpc) is 2.68. The van der Waals surface area contributed by atoms with Crippen LogP contribution in [0.3, 0.4) is 0 Å². The van der Waals surface area contributed by atoms with Crippen LogP contribution in [0.2, 0.25) is 0 Å². The molecule has 2 aromatic rings. The maximum absolute atomic E-state index is 12.9. The summed E-state index contributed by atoms with van der Waals surface area (Å²) in [5.74, 6) is 7.26. The Labute approximate surface area is 157 Å². The maximum atomic E-state index is 12.9. The molecule has 1 fully saturated rings. The average molecular weight is 346 g/mol. The molecule has 3 rings (SSSR count). The third-order valence-corrected chi connectivity index (χ3v) is 5.27.